The number of hydrogen-bond donors (Lipinski definition) is 2. The molecule has 0 aliphatic carbocycles. The zero-order chi connectivity index (χ0) is 20.3. The minimum absolute atomic E-state index is 0.220. The van der Waals surface area contributed by atoms with Crippen LogP contribution in [0.15, 0.2) is 39.9 Å². The first kappa shape index (κ1) is 20.8. The van der Waals surface area contributed by atoms with E-state index in [0.717, 1.165) is 23.5 Å². The third-order valence-electron chi connectivity index (χ3n) is 4.75. The van der Waals surface area contributed by atoms with Crippen LogP contribution in [0.2, 0.25) is 0 Å². The van der Waals surface area contributed by atoms with Crippen molar-refractivity contribution in [1.29, 1.82) is 0 Å². The van der Waals surface area contributed by atoms with Crippen molar-refractivity contribution < 1.29 is 22.0 Å². The zero-order valence-corrected chi connectivity index (χ0v) is 16.8. The lowest BCUT2D eigenvalue weighted by Crippen LogP contribution is -2.50. The first-order valence-corrected chi connectivity index (χ1v) is 11.2. The van der Waals surface area contributed by atoms with Crippen LogP contribution >= 0.6 is 11.3 Å². The van der Waals surface area contributed by atoms with Gasteiger partial charge in [-0.25, -0.2) is 21.9 Å². The Kier molecular flexibility index (Phi) is 6.43. The van der Waals surface area contributed by atoms with Gasteiger partial charge in [0.15, 0.2) is 0 Å². The van der Waals surface area contributed by atoms with Crippen molar-refractivity contribution in [3.8, 4) is 0 Å². The van der Waals surface area contributed by atoms with Crippen molar-refractivity contribution in [1.82, 2.24) is 9.62 Å². The van der Waals surface area contributed by atoms with E-state index in [-0.39, 0.29) is 10.3 Å². The second-order valence-electron chi connectivity index (χ2n) is 6.63. The highest BCUT2D eigenvalue weighted by Gasteiger charge is 2.30. The molecule has 152 valence electrons. The lowest BCUT2D eigenvalue weighted by molar-refractivity contribution is -0.121. The molecule has 1 unspecified atom stereocenters. The molecule has 6 nitrogen and oxygen atoms in total. The van der Waals surface area contributed by atoms with E-state index in [0.29, 0.717) is 25.9 Å². The number of nitrogens with one attached hydrogen (secondary N) is 2. The molecule has 0 radical (unpaired) electrons. The Morgan fingerprint density at radius 2 is 1.82 bits per heavy atom. The third kappa shape index (κ3) is 4.75. The lowest BCUT2D eigenvalue weighted by atomic mass is 10.0. The second-order valence-corrected chi connectivity index (χ2v) is 9.51. The standard InChI is InChI=1S/C18H21F2N3O3S2/c1-12(18(24)21-17-14(19)4-2-5-15(17)20)23-9-7-13(8-10-23)22-28(25,26)16-6-3-11-27-16/h2-6,11-13,22H,7-10H2,1H3,(H,21,24). The van der Waals surface area contributed by atoms with Crippen molar-refractivity contribution in [2.24, 2.45) is 0 Å². The number of piperidine rings is 1. The third-order valence-corrected chi connectivity index (χ3v) is 7.67. The molecule has 1 saturated heterocycles. The Morgan fingerprint density at radius 1 is 1.18 bits per heavy atom. The highest BCUT2D eigenvalue weighted by Crippen LogP contribution is 2.21. The fourth-order valence-corrected chi connectivity index (χ4v) is 5.42. The van der Waals surface area contributed by atoms with Crippen LogP contribution in [0.4, 0.5) is 14.5 Å². The Balaban J connectivity index is 1.55. The van der Waals surface area contributed by atoms with Crippen LogP contribution in [0.3, 0.4) is 0 Å². The van der Waals surface area contributed by atoms with Gasteiger partial charge in [0.2, 0.25) is 15.9 Å². The van der Waals surface area contributed by atoms with E-state index < -0.39 is 39.3 Å². The SMILES string of the molecule is CC(C(=O)Nc1c(F)cccc1F)N1CCC(NS(=O)(=O)c2cccs2)CC1. The number of sulfonamides is 1. The summed E-state index contributed by atoms with van der Waals surface area (Å²) in [6, 6.07) is 5.79. The maximum Gasteiger partial charge on any atom is 0.250 e. The van der Waals surface area contributed by atoms with Crippen molar-refractivity contribution >= 4 is 33.0 Å². The van der Waals surface area contributed by atoms with E-state index in [9.17, 15) is 22.0 Å². The lowest BCUT2D eigenvalue weighted by Gasteiger charge is -2.35. The molecule has 28 heavy (non-hydrogen) atoms. The van der Waals surface area contributed by atoms with E-state index in [1.54, 1.807) is 24.4 Å². The van der Waals surface area contributed by atoms with Crippen LogP contribution < -0.4 is 10.0 Å². The molecule has 1 aliphatic heterocycles. The monoisotopic (exact) mass is 429 g/mol. The molecule has 3 rings (SSSR count). The van der Waals surface area contributed by atoms with Gasteiger partial charge in [-0.15, -0.1) is 11.3 Å². The van der Waals surface area contributed by atoms with Gasteiger partial charge in [-0.1, -0.05) is 12.1 Å². The smallest absolute Gasteiger partial charge is 0.250 e. The molecule has 0 bridgehead atoms. The molecular weight excluding hydrogens is 408 g/mol. The van der Waals surface area contributed by atoms with Crippen LogP contribution in [-0.2, 0) is 14.8 Å². The summed E-state index contributed by atoms with van der Waals surface area (Å²) in [7, 11) is -3.53. The predicted molar refractivity (Wildman–Crippen MR) is 104 cm³/mol. The number of benzene rings is 1. The van der Waals surface area contributed by atoms with Crippen molar-refractivity contribution in [2.45, 2.75) is 36.1 Å². The molecule has 0 saturated carbocycles. The van der Waals surface area contributed by atoms with Gasteiger partial charge in [-0.05, 0) is 43.3 Å². The number of halogens is 2. The molecule has 2 heterocycles. The van der Waals surface area contributed by atoms with Gasteiger partial charge in [0.05, 0.1) is 6.04 Å². The van der Waals surface area contributed by atoms with Crippen molar-refractivity contribution in [3.05, 3.63) is 47.3 Å². The molecule has 1 aromatic carbocycles. The van der Waals surface area contributed by atoms with Crippen LogP contribution in [0.5, 0.6) is 0 Å². The largest absolute Gasteiger partial charge is 0.320 e. The number of carbonyl (C=O) groups excluding carboxylic acids is 1. The summed E-state index contributed by atoms with van der Waals surface area (Å²) in [6.45, 7) is 2.64. The molecule has 2 aromatic rings. The molecule has 10 heteroatoms. The fourth-order valence-electron chi connectivity index (χ4n) is 3.11. The first-order chi connectivity index (χ1) is 13.3. The Morgan fingerprint density at radius 3 is 2.39 bits per heavy atom. The van der Waals surface area contributed by atoms with E-state index in [1.165, 1.54) is 6.07 Å². The van der Waals surface area contributed by atoms with Gasteiger partial charge >= 0.3 is 0 Å². The quantitative estimate of drug-likeness (QED) is 0.740. The Bertz CT molecular complexity index is 907. The van der Waals surface area contributed by atoms with Gasteiger partial charge in [-0.3, -0.25) is 9.69 Å². The summed E-state index contributed by atoms with van der Waals surface area (Å²) in [6.07, 6.45) is 1.08. The normalized spacial score (nSPS) is 17.4. The number of para-hydroxylation sites is 1. The van der Waals surface area contributed by atoms with Crippen LogP contribution in [0.1, 0.15) is 19.8 Å². The summed E-state index contributed by atoms with van der Waals surface area (Å²) in [5, 5.41) is 4.01. The molecular formula is C18H21F2N3O3S2. The topological polar surface area (TPSA) is 78.5 Å². The van der Waals surface area contributed by atoms with Gasteiger partial charge in [0, 0.05) is 19.1 Å². The van der Waals surface area contributed by atoms with E-state index in [4.69, 9.17) is 0 Å². The average Bonchev–Trinajstić information content (AvgIpc) is 3.20. The molecule has 1 aliphatic rings. The number of carbonyl (C=O) groups is 1. The predicted octanol–water partition coefficient (Wildman–Crippen LogP) is 2.80. The molecule has 1 amide bonds. The maximum atomic E-state index is 13.7. The number of likely N-dealkylation sites (tertiary alicyclic amines) is 1. The number of hydrogen-bond acceptors (Lipinski definition) is 5. The summed E-state index contributed by atoms with van der Waals surface area (Å²) in [5.74, 6) is -2.17. The Labute approximate surface area is 166 Å². The first-order valence-electron chi connectivity index (χ1n) is 8.82. The summed E-state index contributed by atoms with van der Waals surface area (Å²) >= 11 is 1.16. The van der Waals surface area contributed by atoms with Crippen molar-refractivity contribution in [3.63, 3.8) is 0 Å². The second kappa shape index (κ2) is 8.64. The van der Waals surface area contributed by atoms with Crippen LogP contribution in [0.25, 0.3) is 0 Å². The van der Waals surface area contributed by atoms with Gasteiger partial charge in [-0.2, -0.15) is 0 Å². The highest BCUT2D eigenvalue weighted by molar-refractivity contribution is 7.91. The molecule has 1 atom stereocenters. The number of nitrogens with zero attached hydrogens (tertiary/aromatic N) is 1. The molecule has 2 N–H and O–H groups in total. The summed E-state index contributed by atoms with van der Waals surface area (Å²) < 4.78 is 55.0. The molecule has 1 aromatic heterocycles. The van der Waals surface area contributed by atoms with Crippen LogP contribution in [0, 0.1) is 11.6 Å². The highest BCUT2D eigenvalue weighted by atomic mass is 32.2. The zero-order valence-electron chi connectivity index (χ0n) is 15.2. The number of anilines is 1. The Hall–Kier alpha value is -1.88. The van der Waals surface area contributed by atoms with E-state index in [1.807, 2.05) is 4.90 Å². The van der Waals surface area contributed by atoms with Gasteiger partial charge < -0.3 is 5.32 Å². The number of amides is 1. The van der Waals surface area contributed by atoms with E-state index in [2.05, 4.69) is 10.0 Å². The van der Waals surface area contributed by atoms with E-state index >= 15 is 0 Å². The van der Waals surface area contributed by atoms with Crippen LogP contribution in [-0.4, -0.2) is 44.4 Å². The maximum absolute atomic E-state index is 13.7. The molecule has 0 spiro atoms. The minimum Gasteiger partial charge on any atom is -0.320 e. The fraction of sp³-hybridized carbons (Fsp3) is 0.389. The minimum atomic E-state index is -3.53. The van der Waals surface area contributed by atoms with Gasteiger partial charge in [0.1, 0.15) is 21.5 Å². The summed E-state index contributed by atoms with van der Waals surface area (Å²) in [5.41, 5.74) is -0.460. The summed E-state index contributed by atoms with van der Waals surface area (Å²) in [4.78, 5) is 14.3. The average molecular weight is 430 g/mol. The number of thiophene rings is 1. The van der Waals surface area contributed by atoms with Crippen molar-refractivity contribution in [2.75, 3.05) is 18.4 Å². The van der Waals surface area contributed by atoms with Gasteiger partial charge in [0.25, 0.3) is 0 Å². The number of rotatable bonds is 6. The molecule has 1 fully saturated rings.